The van der Waals surface area contributed by atoms with E-state index in [9.17, 15) is 4.79 Å². The van der Waals surface area contributed by atoms with Crippen LogP contribution in [0.3, 0.4) is 0 Å². The molecule has 0 heterocycles. The second-order valence-electron chi connectivity index (χ2n) is 3.73. The van der Waals surface area contributed by atoms with Gasteiger partial charge >= 0.3 is 0 Å². The van der Waals surface area contributed by atoms with E-state index in [1.54, 1.807) is 18.2 Å². The van der Waals surface area contributed by atoms with Gasteiger partial charge in [-0.1, -0.05) is 42.5 Å². The Morgan fingerprint density at radius 2 is 1.69 bits per heavy atom. The number of nitrogen functional groups attached to an aromatic ring is 1. The predicted octanol–water partition coefficient (Wildman–Crippen LogP) is 2.81. The number of para-hydroxylation sites is 1. The zero-order valence-electron chi connectivity index (χ0n) is 9.10. The van der Waals surface area contributed by atoms with Gasteiger partial charge in [0.15, 0.2) is 5.78 Å². The van der Waals surface area contributed by atoms with Crippen LogP contribution in [0.25, 0.3) is 0 Å². The number of ketones is 1. The molecule has 2 N–H and O–H groups in total. The van der Waals surface area contributed by atoms with E-state index in [4.69, 9.17) is 5.73 Å². The quantitative estimate of drug-likeness (QED) is 0.613. The number of nitrogens with two attached hydrogens (primary N) is 1. The van der Waals surface area contributed by atoms with Crippen LogP contribution in [0.5, 0.6) is 0 Å². The summed E-state index contributed by atoms with van der Waals surface area (Å²) in [6.07, 6.45) is 0. The maximum absolute atomic E-state index is 12.1. The molecule has 0 aliphatic carbocycles. The molecule has 2 nitrogen and oxygen atoms in total. The van der Waals surface area contributed by atoms with Crippen LogP contribution in [0.2, 0.25) is 0 Å². The van der Waals surface area contributed by atoms with Crippen LogP contribution in [-0.2, 0) is 0 Å². The van der Waals surface area contributed by atoms with Gasteiger partial charge in [0, 0.05) is 16.8 Å². The fraction of sp³-hybridized carbons (Fsp3) is 0.0714. The zero-order valence-corrected chi connectivity index (χ0v) is 9.10. The average Bonchev–Trinajstić information content (AvgIpc) is 2.33. The van der Waals surface area contributed by atoms with Gasteiger partial charge in [0.1, 0.15) is 0 Å². The first-order valence-electron chi connectivity index (χ1n) is 5.15. The van der Waals surface area contributed by atoms with Crippen molar-refractivity contribution in [2.75, 3.05) is 5.73 Å². The van der Waals surface area contributed by atoms with Gasteiger partial charge in [0.25, 0.3) is 0 Å². The lowest BCUT2D eigenvalue weighted by molar-refractivity contribution is 0.103. The number of rotatable bonds is 2. The molecule has 0 aliphatic heterocycles. The number of benzene rings is 2. The largest absolute Gasteiger partial charge is 0.398 e. The third-order valence-electron chi connectivity index (χ3n) is 2.60. The van der Waals surface area contributed by atoms with Crippen LogP contribution in [0, 0.1) is 6.92 Å². The van der Waals surface area contributed by atoms with Gasteiger partial charge in [-0.25, -0.2) is 0 Å². The smallest absolute Gasteiger partial charge is 0.195 e. The maximum Gasteiger partial charge on any atom is 0.195 e. The second kappa shape index (κ2) is 4.19. The molecule has 0 aromatic heterocycles. The van der Waals surface area contributed by atoms with Crippen molar-refractivity contribution in [1.82, 2.24) is 0 Å². The highest BCUT2D eigenvalue weighted by atomic mass is 16.1. The Labute approximate surface area is 94.7 Å². The van der Waals surface area contributed by atoms with Crippen LogP contribution < -0.4 is 5.73 Å². The fourth-order valence-corrected chi connectivity index (χ4v) is 1.62. The number of carbonyl (C=O) groups is 1. The summed E-state index contributed by atoms with van der Waals surface area (Å²) < 4.78 is 0. The number of aryl methyl sites for hydroxylation is 1. The Bertz CT molecular complexity index is 518. The minimum absolute atomic E-state index is 0.0261. The van der Waals surface area contributed by atoms with Crippen LogP contribution in [0.1, 0.15) is 21.5 Å². The van der Waals surface area contributed by atoms with Gasteiger partial charge in [0.2, 0.25) is 0 Å². The Hall–Kier alpha value is -2.09. The van der Waals surface area contributed by atoms with E-state index in [0.717, 1.165) is 5.56 Å². The van der Waals surface area contributed by atoms with Gasteiger partial charge in [-0.3, -0.25) is 4.79 Å². The summed E-state index contributed by atoms with van der Waals surface area (Å²) in [4.78, 5) is 12.1. The van der Waals surface area contributed by atoms with Crippen molar-refractivity contribution in [2.45, 2.75) is 6.92 Å². The molecule has 0 atom stereocenters. The van der Waals surface area contributed by atoms with Gasteiger partial charge < -0.3 is 5.73 Å². The lowest BCUT2D eigenvalue weighted by Gasteiger charge is -2.07. The molecule has 2 aromatic carbocycles. The highest BCUT2D eigenvalue weighted by Gasteiger charge is 2.12. The summed E-state index contributed by atoms with van der Waals surface area (Å²) in [6.45, 7) is 1.90. The first-order valence-corrected chi connectivity index (χ1v) is 5.15. The van der Waals surface area contributed by atoms with E-state index in [2.05, 4.69) is 0 Å². The van der Waals surface area contributed by atoms with Crippen molar-refractivity contribution >= 4 is 11.5 Å². The average molecular weight is 211 g/mol. The molecule has 0 saturated heterocycles. The third-order valence-corrected chi connectivity index (χ3v) is 2.60. The molecule has 2 aromatic rings. The standard InChI is InChI=1S/C14H13NO/c1-10-6-5-9-12(13(10)15)14(16)11-7-3-2-4-8-11/h2-9H,15H2,1H3. The van der Waals surface area contributed by atoms with Gasteiger partial charge in [0.05, 0.1) is 0 Å². The van der Waals surface area contributed by atoms with E-state index in [0.29, 0.717) is 16.8 Å². The Balaban J connectivity index is 2.46. The summed E-state index contributed by atoms with van der Waals surface area (Å²) in [5, 5.41) is 0. The summed E-state index contributed by atoms with van der Waals surface area (Å²) in [6, 6.07) is 14.7. The predicted molar refractivity (Wildman–Crippen MR) is 65.5 cm³/mol. The van der Waals surface area contributed by atoms with Crippen molar-refractivity contribution in [3.8, 4) is 0 Å². The van der Waals surface area contributed by atoms with Crippen molar-refractivity contribution < 1.29 is 4.79 Å². The molecule has 0 spiro atoms. The molecule has 0 aliphatic rings. The zero-order chi connectivity index (χ0) is 11.5. The van der Waals surface area contributed by atoms with Crippen LogP contribution in [0.4, 0.5) is 5.69 Å². The topological polar surface area (TPSA) is 43.1 Å². The van der Waals surface area contributed by atoms with Crippen LogP contribution >= 0.6 is 0 Å². The molecule has 0 saturated carbocycles. The summed E-state index contributed by atoms with van der Waals surface area (Å²) in [5.41, 5.74) is 8.64. The van der Waals surface area contributed by atoms with Crippen LogP contribution in [0.15, 0.2) is 48.5 Å². The molecular formula is C14H13NO. The number of hydrogen-bond acceptors (Lipinski definition) is 2. The van der Waals surface area contributed by atoms with E-state index >= 15 is 0 Å². The lowest BCUT2D eigenvalue weighted by Crippen LogP contribution is -2.06. The third kappa shape index (κ3) is 1.82. The SMILES string of the molecule is Cc1cccc(C(=O)c2ccccc2)c1N. The Morgan fingerprint density at radius 1 is 1.00 bits per heavy atom. The number of carbonyl (C=O) groups excluding carboxylic acids is 1. The molecule has 0 amide bonds. The molecule has 0 radical (unpaired) electrons. The highest BCUT2D eigenvalue weighted by molar-refractivity contribution is 6.12. The second-order valence-corrected chi connectivity index (χ2v) is 3.73. The molecule has 0 unspecified atom stereocenters. The van der Waals surface area contributed by atoms with Crippen molar-refractivity contribution in [1.29, 1.82) is 0 Å². The van der Waals surface area contributed by atoms with E-state index in [1.807, 2.05) is 37.3 Å². The van der Waals surface area contributed by atoms with Gasteiger partial charge in [-0.15, -0.1) is 0 Å². The summed E-state index contributed by atoms with van der Waals surface area (Å²) in [5.74, 6) is -0.0261. The fourth-order valence-electron chi connectivity index (χ4n) is 1.62. The Kier molecular flexibility index (Phi) is 2.73. The maximum atomic E-state index is 12.1. The lowest BCUT2D eigenvalue weighted by atomic mass is 10.00. The van der Waals surface area contributed by atoms with Crippen molar-refractivity contribution in [3.05, 3.63) is 65.2 Å². The van der Waals surface area contributed by atoms with E-state index < -0.39 is 0 Å². The summed E-state index contributed by atoms with van der Waals surface area (Å²) in [7, 11) is 0. The van der Waals surface area contributed by atoms with Crippen LogP contribution in [-0.4, -0.2) is 5.78 Å². The molecule has 2 heteroatoms. The Morgan fingerprint density at radius 3 is 2.38 bits per heavy atom. The molecule has 2 rings (SSSR count). The first kappa shape index (κ1) is 10.4. The summed E-state index contributed by atoms with van der Waals surface area (Å²) >= 11 is 0. The molecular weight excluding hydrogens is 198 g/mol. The monoisotopic (exact) mass is 211 g/mol. The minimum atomic E-state index is -0.0261. The van der Waals surface area contributed by atoms with E-state index in [-0.39, 0.29) is 5.78 Å². The first-order chi connectivity index (χ1) is 7.70. The molecule has 0 bridgehead atoms. The van der Waals surface area contributed by atoms with Crippen molar-refractivity contribution in [2.24, 2.45) is 0 Å². The van der Waals surface area contributed by atoms with E-state index in [1.165, 1.54) is 0 Å². The minimum Gasteiger partial charge on any atom is -0.398 e. The van der Waals surface area contributed by atoms with Crippen molar-refractivity contribution in [3.63, 3.8) is 0 Å². The normalized spacial score (nSPS) is 10.1. The number of anilines is 1. The molecule has 16 heavy (non-hydrogen) atoms. The van der Waals surface area contributed by atoms with Gasteiger partial charge in [-0.05, 0) is 18.6 Å². The highest BCUT2D eigenvalue weighted by Crippen LogP contribution is 2.19. The molecule has 80 valence electrons. The molecule has 0 fully saturated rings. The van der Waals surface area contributed by atoms with Gasteiger partial charge in [-0.2, -0.15) is 0 Å². The number of hydrogen-bond donors (Lipinski definition) is 1.